The van der Waals surface area contributed by atoms with Crippen molar-refractivity contribution < 1.29 is 14.0 Å². The molecule has 1 aromatic heterocycles. The van der Waals surface area contributed by atoms with Gasteiger partial charge in [-0.25, -0.2) is 14.4 Å². The highest BCUT2D eigenvalue weighted by Gasteiger charge is 2.37. The second kappa shape index (κ2) is 8.55. The van der Waals surface area contributed by atoms with Gasteiger partial charge in [0.05, 0.1) is 18.8 Å². The minimum Gasteiger partial charge on any atom is -0.337 e. The van der Waals surface area contributed by atoms with E-state index in [1.54, 1.807) is 4.90 Å². The number of carbonyl (C=O) groups is 2. The van der Waals surface area contributed by atoms with Crippen LogP contribution in [0.3, 0.4) is 0 Å². The molecule has 1 aromatic carbocycles. The van der Waals surface area contributed by atoms with Crippen LogP contribution in [0.15, 0.2) is 42.7 Å². The van der Waals surface area contributed by atoms with Crippen LogP contribution in [-0.2, 0) is 16.0 Å². The Balaban J connectivity index is 1.35. The third kappa shape index (κ3) is 4.36. The number of aromatic nitrogens is 2. The summed E-state index contributed by atoms with van der Waals surface area (Å²) >= 11 is 0. The normalized spacial score (nSPS) is 19.5. The lowest BCUT2D eigenvalue weighted by molar-refractivity contribution is -0.143. The van der Waals surface area contributed by atoms with Crippen molar-refractivity contribution in [2.24, 2.45) is 0 Å². The Bertz CT molecular complexity index is 853. The van der Waals surface area contributed by atoms with E-state index < -0.39 is 5.82 Å². The Morgan fingerprint density at radius 3 is 2.38 bits per heavy atom. The summed E-state index contributed by atoms with van der Waals surface area (Å²) in [6.07, 6.45) is 4.17. The maximum atomic E-state index is 13.1. The molecule has 0 saturated carbocycles. The summed E-state index contributed by atoms with van der Waals surface area (Å²) in [6.45, 7) is 2.88. The number of hydrogen-bond donors (Lipinski definition) is 0. The number of carbonyl (C=O) groups excluding carboxylic acids is 2. The second-order valence-corrected chi connectivity index (χ2v) is 7.42. The lowest BCUT2D eigenvalue weighted by atomic mass is 10.1. The molecule has 2 fully saturated rings. The minimum absolute atomic E-state index is 0.00500. The molecule has 152 valence electrons. The molecule has 2 amide bonds. The number of likely N-dealkylation sites (tertiary alicyclic amines) is 1. The van der Waals surface area contributed by atoms with Gasteiger partial charge in [-0.1, -0.05) is 30.3 Å². The molecule has 7 nitrogen and oxygen atoms in total. The maximum absolute atomic E-state index is 13.1. The Morgan fingerprint density at radius 2 is 1.69 bits per heavy atom. The van der Waals surface area contributed by atoms with Gasteiger partial charge in [0.15, 0.2) is 5.82 Å². The topological polar surface area (TPSA) is 69.6 Å². The van der Waals surface area contributed by atoms with Crippen LogP contribution in [0.5, 0.6) is 0 Å². The van der Waals surface area contributed by atoms with E-state index in [-0.39, 0.29) is 17.9 Å². The van der Waals surface area contributed by atoms with Gasteiger partial charge >= 0.3 is 0 Å². The van der Waals surface area contributed by atoms with Gasteiger partial charge in [-0.2, -0.15) is 0 Å². The van der Waals surface area contributed by atoms with Crippen LogP contribution >= 0.6 is 0 Å². The molecular formula is C21H24FN5O2. The monoisotopic (exact) mass is 397 g/mol. The predicted octanol–water partition coefficient (Wildman–Crippen LogP) is 1.50. The van der Waals surface area contributed by atoms with Crippen molar-refractivity contribution in [3.8, 4) is 0 Å². The SMILES string of the molecule is O=C(C1CCCN1C(=O)Cc1ccccc1)N1CCN(c2ncc(F)cn2)CC1. The van der Waals surface area contributed by atoms with Crippen molar-refractivity contribution in [1.82, 2.24) is 19.8 Å². The molecule has 3 heterocycles. The lowest BCUT2D eigenvalue weighted by Gasteiger charge is -2.37. The zero-order valence-electron chi connectivity index (χ0n) is 16.2. The van der Waals surface area contributed by atoms with Crippen molar-refractivity contribution in [3.63, 3.8) is 0 Å². The van der Waals surface area contributed by atoms with Gasteiger partial charge in [-0.3, -0.25) is 9.59 Å². The van der Waals surface area contributed by atoms with E-state index in [0.717, 1.165) is 24.4 Å². The van der Waals surface area contributed by atoms with Gasteiger partial charge in [0.2, 0.25) is 17.8 Å². The van der Waals surface area contributed by atoms with E-state index in [1.165, 1.54) is 0 Å². The number of halogens is 1. The van der Waals surface area contributed by atoms with Gasteiger partial charge in [0, 0.05) is 32.7 Å². The number of amides is 2. The summed E-state index contributed by atoms with van der Waals surface area (Å²) in [7, 11) is 0. The molecule has 0 spiro atoms. The smallest absolute Gasteiger partial charge is 0.245 e. The number of hydrogen-bond acceptors (Lipinski definition) is 5. The minimum atomic E-state index is -0.468. The Kier molecular flexibility index (Phi) is 5.69. The summed E-state index contributed by atoms with van der Waals surface area (Å²) in [5, 5.41) is 0. The van der Waals surface area contributed by atoms with Gasteiger partial charge < -0.3 is 14.7 Å². The summed E-state index contributed by atoms with van der Waals surface area (Å²) in [6, 6.07) is 9.24. The van der Waals surface area contributed by atoms with Gasteiger partial charge in [-0.05, 0) is 18.4 Å². The standard InChI is InChI=1S/C21H24FN5O2/c22-17-14-23-21(24-15-17)26-11-9-25(10-12-26)20(29)18-7-4-8-27(18)19(28)13-16-5-2-1-3-6-16/h1-3,5-6,14-15,18H,4,7-13H2. The third-order valence-corrected chi connectivity index (χ3v) is 5.54. The number of rotatable bonds is 4. The molecule has 0 radical (unpaired) electrons. The zero-order chi connectivity index (χ0) is 20.2. The maximum Gasteiger partial charge on any atom is 0.245 e. The van der Waals surface area contributed by atoms with E-state index in [2.05, 4.69) is 9.97 Å². The molecule has 8 heteroatoms. The molecule has 0 bridgehead atoms. The molecule has 1 unspecified atom stereocenters. The number of benzene rings is 1. The van der Waals surface area contributed by atoms with E-state index in [9.17, 15) is 14.0 Å². The largest absolute Gasteiger partial charge is 0.337 e. The molecule has 2 saturated heterocycles. The highest BCUT2D eigenvalue weighted by Crippen LogP contribution is 2.22. The number of piperazine rings is 1. The Labute approximate surface area is 169 Å². The fourth-order valence-corrected chi connectivity index (χ4v) is 4.00. The van der Waals surface area contributed by atoms with E-state index in [0.29, 0.717) is 51.5 Å². The van der Waals surface area contributed by atoms with Crippen LogP contribution in [0.25, 0.3) is 0 Å². The van der Waals surface area contributed by atoms with Crippen molar-refractivity contribution in [2.45, 2.75) is 25.3 Å². The molecule has 4 rings (SSSR count). The highest BCUT2D eigenvalue weighted by atomic mass is 19.1. The van der Waals surface area contributed by atoms with Crippen molar-refractivity contribution in [2.75, 3.05) is 37.6 Å². The van der Waals surface area contributed by atoms with Crippen LogP contribution in [0.1, 0.15) is 18.4 Å². The Morgan fingerprint density at radius 1 is 1.00 bits per heavy atom. The molecule has 2 aliphatic rings. The average Bonchev–Trinajstić information content (AvgIpc) is 3.25. The first-order valence-corrected chi connectivity index (χ1v) is 9.96. The van der Waals surface area contributed by atoms with Crippen molar-refractivity contribution >= 4 is 17.8 Å². The Hall–Kier alpha value is -3.03. The van der Waals surface area contributed by atoms with E-state index >= 15 is 0 Å². The van der Waals surface area contributed by atoms with E-state index in [1.807, 2.05) is 40.1 Å². The van der Waals surface area contributed by atoms with Gasteiger partial charge in [-0.15, -0.1) is 0 Å². The summed E-state index contributed by atoms with van der Waals surface area (Å²) in [5.41, 5.74) is 0.962. The van der Waals surface area contributed by atoms with E-state index in [4.69, 9.17) is 0 Å². The number of nitrogens with zero attached hydrogens (tertiary/aromatic N) is 5. The van der Waals surface area contributed by atoms with Crippen molar-refractivity contribution in [3.05, 3.63) is 54.1 Å². The summed E-state index contributed by atoms with van der Waals surface area (Å²) in [5.74, 6) is 0.0251. The lowest BCUT2D eigenvalue weighted by Crippen LogP contribution is -2.54. The fourth-order valence-electron chi connectivity index (χ4n) is 4.00. The van der Waals surface area contributed by atoms with Crippen LogP contribution < -0.4 is 4.90 Å². The first-order chi connectivity index (χ1) is 14.1. The predicted molar refractivity (Wildman–Crippen MR) is 106 cm³/mol. The van der Waals surface area contributed by atoms with Crippen LogP contribution in [-0.4, -0.2) is 70.3 Å². The van der Waals surface area contributed by atoms with Gasteiger partial charge in [0.1, 0.15) is 6.04 Å². The fraction of sp³-hybridized carbons (Fsp3) is 0.429. The van der Waals surface area contributed by atoms with Crippen LogP contribution in [0.2, 0.25) is 0 Å². The molecule has 0 aliphatic carbocycles. The quantitative estimate of drug-likeness (QED) is 0.782. The third-order valence-electron chi connectivity index (χ3n) is 5.54. The van der Waals surface area contributed by atoms with Crippen LogP contribution in [0.4, 0.5) is 10.3 Å². The van der Waals surface area contributed by atoms with Gasteiger partial charge in [0.25, 0.3) is 0 Å². The molecule has 2 aromatic rings. The number of anilines is 1. The molecule has 29 heavy (non-hydrogen) atoms. The first-order valence-electron chi connectivity index (χ1n) is 9.96. The zero-order valence-corrected chi connectivity index (χ0v) is 16.2. The molecule has 0 N–H and O–H groups in total. The summed E-state index contributed by atoms with van der Waals surface area (Å²) in [4.78, 5) is 39.4. The molecule has 1 atom stereocenters. The second-order valence-electron chi connectivity index (χ2n) is 7.42. The van der Waals surface area contributed by atoms with Crippen molar-refractivity contribution in [1.29, 1.82) is 0 Å². The first kappa shape index (κ1) is 19.3. The molecular weight excluding hydrogens is 373 g/mol. The van der Waals surface area contributed by atoms with Crippen LogP contribution in [0, 0.1) is 5.82 Å². The molecule has 2 aliphatic heterocycles. The summed E-state index contributed by atoms with van der Waals surface area (Å²) < 4.78 is 13.0. The highest BCUT2D eigenvalue weighted by molar-refractivity contribution is 5.89. The average molecular weight is 397 g/mol.